The summed E-state index contributed by atoms with van der Waals surface area (Å²) in [4.78, 5) is 28.3. The predicted octanol–water partition coefficient (Wildman–Crippen LogP) is 5.06. The van der Waals surface area contributed by atoms with Crippen LogP contribution in [0.4, 0.5) is 10.1 Å². The molecule has 0 radical (unpaired) electrons. The molecule has 3 aromatic rings. The van der Waals surface area contributed by atoms with Crippen LogP contribution in [0.1, 0.15) is 45.2 Å². The van der Waals surface area contributed by atoms with Crippen LogP contribution in [-0.4, -0.2) is 50.4 Å². The van der Waals surface area contributed by atoms with E-state index in [0.717, 1.165) is 9.87 Å². The molecule has 2 amide bonds. The van der Waals surface area contributed by atoms with Crippen molar-refractivity contribution in [3.8, 4) is 5.75 Å². The van der Waals surface area contributed by atoms with E-state index in [4.69, 9.17) is 4.74 Å². The van der Waals surface area contributed by atoms with E-state index in [1.807, 2.05) is 27.7 Å². The number of carbonyl (C=O) groups is 2. The Kier molecular flexibility index (Phi) is 10.9. The largest absolute Gasteiger partial charge is 0.494 e. The van der Waals surface area contributed by atoms with Gasteiger partial charge < -0.3 is 15.0 Å². The van der Waals surface area contributed by atoms with Crippen LogP contribution in [-0.2, 0) is 26.2 Å². The number of ether oxygens (including phenoxy) is 1. The first kappa shape index (κ1) is 31.6. The maximum absolute atomic E-state index is 13.9. The maximum atomic E-state index is 13.9. The summed E-state index contributed by atoms with van der Waals surface area (Å²) in [5.74, 6) is -0.862. The van der Waals surface area contributed by atoms with Crippen molar-refractivity contribution in [2.75, 3.05) is 17.5 Å². The highest BCUT2D eigenvalue weighted by molar-refractivity contribution is 7.92. The number of sulfonamides is 1. The van der Waals surface area contributed by atoms with Gasteiger partial charge in [-0.15, -0.1) is 0 Å². The van der Waals surface area contributed by atoms with Crippen LogP contribution in [0.3, 0.4) is 0 Å². The van der Waals surface area contributed by atoms with E-state index in [0.29, 0.717) is 30.0 Å². The van der Waals surface area contributed by atoms with Gasteiger partial charge in [-0.3, -0.25) is 13.9 Å². The first-order valence-corrected chi connectivity index (χ1v) is 15.1. The van der Waals surface area contributed by atoms with Gasteiger partial charge in [0.15, 0.2) is 0 Å². The third kappa shape index (κ3) is 8.29. The fraction of sp³-hybridized carbons (Fsp3) is 0.355. The fourth-order valence-corrected chi connectivity index (χ4v) is 5.49. The minimum atomic E-state index is -4.19. The van der Waals surface area contributed by atoms with Gasteiger partial charge in [-0.2, -0.15) is 0 Å². The van der Waals surface area contributed by atoms with Crippen LogP contribution in [0.15, 0.2) is 77.7 Å². The Morgan fingerprint density at radius 1 is 0.927 bits per heavy atom. The number of nitrogens with zero attached hydrogens (tertiary/aromatic N) is 2. The van der Waals surface area contributed by atoms with E-state index in [-0.39, 0.29) is 23.4 Å². The number of amides is 2. The highest BCUT2D eigenvalue weighted by Crippen LogP contribution is 2.26. The zero-order valence-electron chi connectivity index (χ0n) is 24.1. The van der Waals surface area contributed by atoms with Crippen molar-refractivity contribution in [3.63, 3.8) is 0 Å². The Labute approximate surface area is 242 Å². The van der Waals surface area contributed by atoms with Gasteiger partial charge in [-0.1, -0.05) is 36.8 Å². The smallest absolute Gasteiger partial charge is 0.264 e. The van der Waals surface area contributed by atoms with Crippen molar-refractivity contribution >= 4 is 27.5 Å². The molecule has 0 fully saturated rings. The minimum Gasteiger partial charge on any atom is -0.494 e. The summed E-state index contributed by atoms with van der Waals surface area (Å²) in [6, 6.07) is 17.4. The number of benzene rings is 3. The Hall–Kier alpha value is -3.92. The third-order valence-corrected chi connectivity index (χ3v) is 8.55. The summed E-state index contributed by atoms with van der Waals surface area (Å²) >= 11 is 0. The lowest BCUT2D eigenvalue weighted by molar-refractivity contribution is -0.139. The lowest BCUT2D eigenvalue weighted by Gasteiger charge is -2.32. The van der Waals surface area contributed by atoms with Gasteiger partial charge in [0.05, 0.1) is 17.2 Å². The van der Waals surface area contributed by atoms with Crippen molar-refractivity contribution in [3.05, 3.63) is 89.7 Å². The molecule has 0 unspecified atom stereocenters. The van der Waals surface area contributed by atoms with E-state index in [2.05, 4.69) is 5.32 Å². The van der Waals surface area contributed by atoms with Gasteiger partial charge in [0.2, 0.25) is 11.8 Å². The monoisotopic (exact) mass is 583 g/mol. The summed E-state index contributed by atoms with van der Waals surface area (Å²) in [7, 11) is -4.19. The summed E-state index contributed by atoms with van der Waals surface area (Å²) in [6.07, 6.45) is 0.700. The molecule has 0 aliphatic heterocycles. The fourth-order valence-electron chi connectivity index (χ4n) is 4.08. The van der Waals surface area contributed by atoms with Crippen molar-refractivity contribution in [1.82, 2.24) is 10.2 Å². The van der Waals surface area contributed by atoms with Gasteiger partial charge in [-0.05, 0) is 88.2 Å². The minimum absolute atomic E-state index is 0.0121. The molecule has 3 rings (SSSR count). The van der Waals surface area contributed by atoms with Crippen LogP contribution < -0.4 is 14.4 Å². The topological polar surface area (TPSA) is 96.0 Å². The lowest BCUT2D eigenvalue weighted by Crippen LogP contribution is -2.52. The molecular weight excluding hydrogens is 545 g/mol. The molecule has 220 valence electrons. The second-order valence-corrected chi connectivity index (χ2v) is 11.8. The summed E-state index contributed by atoms with van der Waals surface area (Å²) in [6.45, 7) is 8.96. The number of aryl methyl sites for hydroxylation is 1. The Morgan fingerprint density at radius 2 is 1.54 bits per heavy atom. The SMILES string of the molecule is CCOc1ccc(S(=O)(=O)N(CC(=O)N(Cc2ccc(F)cc2)[C@@H](C)C(=O)N[C@H](C)CC)c2ccc(C)cc2)cc1. The van der Waals surface area contributed by atoms with E-state index in [9.17, 15) is 22.4 Å². The maximum Gasteiger partial charge on any atom is 0.264 e. The Morgan fingerprint density at radius 3 is 2.10 bits per heavy atom. The predicted molar refractivity (Wildman–Crippen MR) is 158 cm³/mol. The molecular formula is C31H38FN3O5S. The standard InChI is InChI=1S/C31H38FN3O5S/c1-6-23(4)33-31(37)24(5)34(20-25-10-12-26(32)13-11-25)30(36)21-35(27-14-8-22(3)9-15-27)41(38,39)29-18-16-28(17-19-29)40-7-2/h8-19,23-24H,6-7,20-21H2,1-5H3,(H,33,37)/t23-,24+/m1/s1. The van der Waals surface area contributed by atoms with E-state index in [1.165, 1.54) is 41.3 Å². The molecule has 0 heterocycles. The number of nitrogens with one attached hydrogen (secondary N) is 1. The van der Waals surface area contributed by atoms with Crippen molar-refractivity contribution < 1.29 is 27.1 Å². The Balaban J connectivity index is 2.01. The lowest BCUT2D eigenvalue weighted by atomic mass is 10.1. The van der Waals surface area contributed by atoms with Crippen LogP contribution in [0, 0.1) is 12.7 Å². The van der Waals surface area contributed by atoms with Crippen LogP contribution >= 0.6 is 0 Å². The molecule has 0 saturated heterocycles. The molecule has 8 nitrogen and oxygen atoms in total. The number of rotatable bonds is 13. The second-order valence-electron chi connectivity index (χ2n) is 9.89. The molecule has 0 aliphatic carbocycles. The van der Waals surface area contributed by atoms with Crippen molar-refractivity contribution in [2.45, 2.75) is 64.6 Å². The zero-order valence-corrected chi connectivity index (χ0v) is 24.9. The number of hydrogen-bond donors (Lipinski definition) is 1. The summed E-state index contributed by atoms with van der Waals surface area (Å²) < 4.78 is 47.9. The van der Waals surface area contributed by atoms with Gasteiger partial charge in [0.1, 0.15) is 24.2 Å². The Bertz CT molecular complexity index is 1410. The molecule has 0 aromatic heterocycles. The molecule has 0 aliphatic rings. The zero-order chi connectivity index (χ0) is 30.2. The number of anilines is 1. The van der Waals surface area contributed by atoms with Crippen LogP contribution in [0.5, 0.6) is 5.75 Å². The van der Waals surface area contributed by atoms with E-state index in [1.54, 1.807) is 43.3 Å². The van der Waals surface area contributed by atoms with E-state index >= 15 is 0 Å². The quantitative estimate of drug-likeness (QED) is 0.304. The van der Waals surface area contributed by atoms with Crippen molar-refractivity contribution in [2.24, 2.45) is 0 Å². The molecule has 2 atom stereocenters. The normalized spacial score (nSPS) is 12.7. The molecule has 3 aromatic carbocycles. The van der Waals surface area contributed by atoms with Gasteiger partial charge in [-0.25, -0.2) is 12.8 Å². The van der Waals surface area contributed by atoms with Crippen LogP contribution in [0.25, 0.3) is 0 Å². The molecule has 0 spiro atoms. The third-order valence-electron chi connectivity index (χ3n) is 6.76. The molecule has 41 heavy (non-hydrogen) atoms. The molecule has 1 N–H and O–H groups in total. The second kappa shape index (κ2) is 14.1. The average molecular weight is 584 g/mol. The average Bonchev–Trinajstić information content (AvgIpc) is 2.96. The van der Waals surface area contributed by atoms with Gasteiger partial charge >= 0.3 is 0 Å². The number of hydrogen-bond acceptors (Lipinski definition) is 5. The highest BCUT2D eigenvalue weighted by atomic mass is 32.2. The highest BCUT2D eigenvalue weighted by Gasteiger charge is 2.32. The molecule has 0 bridgehead atoms. The molecule has 10 heteroatoms. The van der Waals surface area contributed by atoms with Crippen molar-refractivity contribution in [1.29, 1.82) is 0 Å². The summed E-state index contributed by atoms with van der Waals surface area (Å²) in [5, 5.41) is 2.89. The summed E-state index contributed by atoms with van der Waals surface area (Å²) in [5.41, 5.74) is 1.82. The number of carbonyl (C=O) groups excluding carboxylic acids is 2. The van der Waals surface area contributed by atoms with E-state index < -0.39 is 34.3 Å². The van der Waals surface area contributed by atoms with Crippen LogP contribution in [0.2, 0.25) is 0 Å². The van der Waals surface area contributed by atoms with Gasteiger partial charge in [0.25, 0.3) is 10.0 Å². The number of halogens is 1. The first-order chi connectivity index (χ1) is 19.5. The van der Waals surface area contributed by atoms with Gasteiger partial charge in [0, 0.05) is 12.6 Å². The molecule has 0 saturated carbocycles. The first-order valence-electron chi connectivity index (χ1n) is 13.6.